The van der Waals surface area contributed by atoms with E-state index in [0.717, 1.165) is 0 Å². The molecule has 4 rings (SSSR count). The molecule has 1 aromatic carbocycles. The monoisotopic (exact) mass is 800 g/mol. The van der Waals surface area contributed by atoms with Crippen molar-refractivity contribution in [3.8, 4) is 5.75 Å². The molecule has 1 saturated heterocycles. The third kappa shape index (κ3) is 11.7. The number of esters is 1. The molecule has 1 aliphatic heterocycles. The lowest BCUT2D eigenvalue weighted by Gasteiger charge is -2.41. The third-order valence-electron chi connectivity index (χ3n) is 8.24. The van der Waals surface area contributed by atoms with Gasteiger partial charge in [-0.05, 0) is 39.8 Å². The quantitative estimate of drug-likeness (QED) is 0.0427. The van der Waals surface area contributed by atoms with Crippen molar-refractivity contribution in [2.24, 2.45) is 0 Å². The second kappa shape index (κ2) is 19.9. The summed E-state index contributed by atoms with van der Waals surface area (Å²) >= 11 is 0. The number of aliphatic hydroxyl groups excluding tert-OH is 7. The summed E-state index contributed by atoms with van der Waals surface area (Å²) in [7, 11) is -3.84. The number of nitrogens with zero attached hydrogens (tertiary/aromatic N) is 4. The predicted molar refractivity (Wildman–Crippen MR) is 190 cm³/mol. The van der Waals surface area contributed by atoms with Gasteiger partial charge >= 0.3 is 13.5 Å². The van der Waals surface area contributed by atoms with Crippen LogP contribution >= 0.6 is 7.52 Å². The van der Waals surface area contributed by atoms with Crippen LogP contribution < -0.4 is 14.9 Å². The van der Waals surface area contributed by atoms with Crippen molar-refractivity contribution in [1.29, 1.82) is 0 Å². The van der Waals surface area contributed by atoms with Gasteiger partial charge in [-0.25, -0.2) is 20.0 Å². The van der Waals surface area contributed by atoms with Crippen LogP contribution in [0.5, 0.6) is 5.75 Å². The molecule has 22 heteroatoms. The van der Waals surface area contributed by atoms with E-state index in [2.05, 4.69) is 25.4 Å². The zero-order chi connectivity index (χ0) is 40.4. The van der Waals surface area contributed by atoms with Crippen LogP contribution in [0, 0.1) is 0 Å². The zero-order valence-corrected chi connectivity index (χ0v) is 31.5. The average Bonchev–Trinajstić information content (AvgIpc) is 3.57. The molecule has 0 unspecified atom stereocenters. The van der Waals surface area contributed by atoms with Gasteiger partial charge in [0.15, 0.2) is 23.5 Å². The minimum atomic E-state index is -3.84. The Kier molecular flexibility index (Phi) is 16.0. The molecule has 21 nitrogen and oxygen atoms in total. The van der Waals surface area contributed by atoms with E-state index < -0.39 is 107 Å². The topological polar surface area (TPSA) is 307 Å². The van der Waals surface area contributed by atoms with Gasteiger partial charge in [0.05, 0.1) is 44.8 Å². The number of aliphatic hydroxyl groups is 7. The molecule has 0 saturated carbocycles. The number of anilines is 1. The first kappa shape index (κ1) is 44.0. The number of fused-ring (bicyclic) bond motifs is 1. The number of rotatable bonds is 21. The number of ketones is 1. The highest BCUT2D eigenvalue weighted by atomic mass is 31.2. The fourth-order valence-corrected chi connectivity index (χ4v) is 7.16. The van der Waals surface area contributed by atoms with Gasteiger partial charge < -0.3 is 69.1 Å². The van der Waals surface area contributed by atoms with Crippen molar-refractivity contribution in [3.05, 3.63) is 43.0 Å². The van der Waals surface area contributed by atoms with Crippen LogP contribution in [-0.4, -0.2) is 160 Å². The van der Waals surface area contributed by atoms with Crippen LogP contribution in [0.15, 0.2) is 43.0 Å². The Morgan fingerprint density at radius 2 is 1.71 bits per heavy atom. The Hall–Kier alpha value is -3.70. The predicted octanol–water partition coefficient (Wildman–Crippen LogP) is -1.73. The molecule has 0 bridgehead atoms. The lowest BCUT2D eigenvalue weighted by Crippen LogP contribution is -2.61. The van der Waals surface area contributed by atoms with Crippen molar-refractivity contribution in [1.82, 2.24) is 24.6 Å². The Balaban J connectivity index is 1.44. The lowest BCUT2D eigenvalue weighted by atomic mass is 9.98. The van der Waals surface area contributed by atoms with Gasteiger partial charge in [-0.1, -0.05) is 18.2 Å². The summed E-state index contributed by atoms with van der Waals surface area (Å²) in [6.07, 6.45) is -13.4. The van der Waals surface area contributed by atoms with Crippen LogP contribution in [0.4, 0.5) is 5.82 Å². The van der Waals surface area contributed by atoms with Crippen molar-refractivity contribution >= 4 is 36.3 Å². The van der Waals surface area contributed by atoms with Gasteiger partial charge in [0.2, 0.25) is 0 Å². The smallest absolute Gasteiger partial charge is 0.342 e. The maximum atomic E-state index is 14.0. The molecule has 306 valence electrons. The molecular formula is C33H49N6O15P. The molecule has 2 aromatic heterocycles. The van der Waals surface area contributed by atoms with Crippen LogP contribution in [0.3, 0.4) is 0 Å². The van der Waals surface area contributed by atoms with Crippen molar-refractivity contribution < 1.29 is 73.4 Å². The Bertz CT molecular complexity index is 1740. The fourth-order valence-electron chi connectivity index (χ4n) is 5.37. The number of hydrogen-bond donors (Lipinski definition) is 9. The van der Waals surface area contributed by atoms with E-state index in [1.54, 1.807) is 55.7 Å². The molecule has 9 N–H and O–H groups in total. The Labute approximate surface area is 315 Å². The maximum Gasteiger partial charge on any atom is 0.342 e. The number of ether oxygens (including phenoxy) is 4. The van der Waals surface area contributed by atoms with Gasteiger partial charge in [0.1, 0.15) is 72.7 Å². The minimum Gasteiger partial charge on any atom is -0.462 e. The van der Waals surface area contributed by atoms with Crippen molar-refractivity contribution in [2.45, 2.75) is 102 Å². The van der Waals surface area contributed by atoms with E-state index in [-0.39, 0.29) is 24.0 Å². The molecule has 11 atom stereocenters. The number of benzene rings is 1. The zero-order valence-electron chi connectivity index (χ0n) is 30.6. The normalized spacial score (nSPS) is 24.0. The molecule has 55 heavy (non-hydrogen) atoms. The SMILES string of the molecule is CC(C)OC(=O)[C@H](C)N[P@](=O)(CO[C@H](C)Cn1cnc2c(NCC(=O)[C@@H](O[C@@H]3O[C@H](CO)[C@H](O)[C@H](O)[C@H]3O)[C@H](O)[C@@H](O)CO)ncnc21)Oc1ccccc1. The highest BCUT2D eigenvalue weighted by Crippen LogP contribution is 2.44. The van der Waals surface area contributed by atoms with Crippen LogP contribution in [0.2, 0.25) is 0 Å². The first-order valence-electron chi connectivity index (χ1n) is 17.4. The number of carbonyl (C=O) groups excluding carboxylic acids is 2. The molecule has 3 heterocycles. The fraction of sp³-hybridized carbons (Fsp3) is 0.606. The van der Waals surface area contributed by atoms with E-state index in [4.69, 9.17) is 23.5 Å². The first-order valence-corrected chi connectivity index (χ1v) is 19.2. The number of hydrogen-bond acceptors (Lipinski definition) is 19. The number of nitrogens with one attached hydrogen (secondary N) is 2. The standard InChI is InChI=1S/C33H49N6O15P/c1-17(2)51-32(48)19(4)38-55(49,54-20-8-6-5-7-9-20)16-50-18(3)11-39-15-37-24-30(35-14-36-31(24)39)34-10-21(42)29(25(44)22(43)12-40)53-33-28(47)27(46)26(45)23(13-41)52-33/h5-9,14-15,17-19,22-23,25-29,33,40-41,43-47H,10-13,16H2,1-4H3,(H,38,49)(H,34,35,36)/t18-,19+,22+,23-,25-,26+,27+,28-,29-,33+,55+/m1/s1. The largest absolute Gasteiger partial charge is 0.462 e. The van der Waals surface area contributed by atoms with Gasteiger partial charge in [0.25, 0.3) is 0 Å². The summed E-state index contributed by atoms with van der Waals surface area (Å²) < 4.78 is 43.3. The molecule has 1 fully saturated rings. The first-order chi connectivity index (χ1) is 26.1. The number of aromatic nitrogens is 4. The van der Waals surface area contributed by atoms with E-state index >= 15 is 0 Å². The highest BCUT2D eigenvalue weighted by Gasteiger charge is 2.47. The molecule has 0 aliphatic carbocycles. The molecule has 0 radical (unpaired) electrons. The summed E-state index contributed by atoms with van der Waals surface area (Å²) in [5.74, 6) is -1.18. The molecule has 1 aliphatic rings. The second-order valence-electron chi connectivity index (χ2n) is 13.1. The molecule has 0 spiro atoms. The van der Waals surface area contributed by atoms with Crippen LogP contribution in [0.25, 0.3) is 11.2 Å². The van der Waals surface area contributed by atoms with Crippen molar-refractivity contribution in [2.75, 3.05) is 31.4 Å². The minimum absolute atomic E-state index is 0.0710. The lowest BCUT2D eigenvalue weighted by molar-refractivity contribution is -0.315. The summed E-state index contributed by atoms with van der Waals surface area (Å²) in [6, 6.07) is 7.40. The summed E-state index contributed by atoms with van der Waals surface area (Å²) in [6.45, 7) is 4.37. The summed E-state index contributed by atoms with van der Waals surface area (Å²) in [4.78, 5) is 38.6. The van der Waals surface area contributed by atoms with E-state index in [1.807, 2.05) is 0 Å². The Morgan fingerprint density at radius 3 is 2.36 bits per heavy atom. The van der Waals surface area contributed by atoms with E-state index in [9.17, 15) is 49.9 Å². The van der Waals surface area contributed by atoms with Gasteiger partial charge in [0, 0.05) is 0 Å². The molecule has 0 amide bonds. The van der Waals surface area contributed by atoms with E-state index in [0.29, 0.717) is 11.4 Å². The molecular weight excluding hydrogens is 751 g/mol. The van der Waals surface area contributed by atoms with Crippen LogP contribution in [-0.2, 0) is 39.6 Å². The van der Waals surface area contributed by atoms with Gasteiger partial charge in [-0.3, -0.25) is 14.2 Å². The maximum absolute atomic E-state index is 14.0. The number of carbonyl (C=O) groups is 2. The van der Waals surface area contributed by atoms with Gasteiger partial charge in [-0.2, -0.15) is 0 Å². The van der Waals surface area contributed by atoms with Gasteiger partial charge in [-0.15, -0.1) is 0 Å². The summed E-state index contributed by atoms with van der Waals surface area (Å²) in [5.41, 5.74) is 0.513. The average molecular weight is 801 g/mol. The van der Waals surface area contributed by atoms with E-state index in [1.165, 1.54) is 19.6 Å². The molecule has 3 aromatic rings. The number of imidazole rings is 1. The third-order valence-corrected chi connectivity index (χ3v) is 10.0. The number of Topliss-reactive ketones (excluding diaryl/α,β-unsaturated/α-hetero) is 1. The second-order valence-corrected chi connectivity index (χ2v) is 15.2. The van der Waals surface area contributed by atoms with Crippen LogP contribution in [0.1, 0.15) is 27.7 Å². The highest BCUT2D eigenvalue weighted by molar-refractivity contribution is 7.57. The summed E-state index contributed by atoms with van der Waals surface area (Å²) in [5, 5.41) is 75.7. The van der Waals surface area contributed by atoms with Crippen molar-refractivity contribution in [3.63, 3.8) is 0 Å². The number of para-hydroxylation sites is 1. The Morgan fingerprint density at radius 1 is 1.00 bits per heavy atom.